The number of nitrogens with zero attached hydrogens (tertiary/aromatic N) is 5. The molecule has 0 bridgehead atoms. The number of benzene rings is 9. The molecule has 0 amide bonds. The summed E-state index contributed by atoms with van der Waals surface area (Å²) < 4.78 is 105. The molecule has 0 saturated carbocycles. The van der Waals surface area contributed by atoms with Crippen molar-refractivity contribution >= 4 is 60.2 Å². The van der Waals surface area contributed by atoms with Crippen LogP contribution in [0.4, 0.5) is 0 Å². The molecule has 0 unspecified atom stereocenters. The number of fused-ring (bicyclic) bond motifs is 7. The van der Waals surface area contributed by atoms with Crippen LogP contribution < -0.4 is 4.74 Å². The van der Waals surface area contributed by atoms with Crippen molar-refractivity contribution in [2.45, 2.75) is 26.2 Å². The monoisotopic (exact) mass is 1100 g/mol. The van der Waals surface area contributed by atoms with Gasteiger partial charge in [-0.1, -0.05) is 32.9 Å². The van der Waals surface area contributed by atoms with Crippen molar-refractivity contribution in [1.82, 2.24) is 23.1 Å². The molecule has 71 heavy (non-hydrogen) atoms. The number of pyridine rings is 1. The Morgan fingerprint density at radius 2 is 1.10 bits per heavy atom. The van der Waals surface area contributed by atoms with E-state index in [9.17, 15) is 5.48 Å². The van der Waals surface area contributed by atoms with Gasteiger partial charge in [0.2, 0.25) is 0 Å². The van der Waals surface area contributed by atoms with Crippen molar-refractivity contribution in [3.8, 4) is 50.9 Å². The van der Waals surface area contributed by atoms with Crippen LogP contribution in [-0.4, -0.2) is 23.1 Å². The van der Waals surface area contributed by atoms with E-state index in [1.807, 2.05) is 118 Å². The van der Waals surface area contributed by atoms with Gasteiger partial charge in [0.05, 0.1) is 0 Å². The van der Waals surface area contributed by atoms with E-state index < -0.39 is 60.4 Å². The average molecular weight is 1110 g/mol. The number of hydrogen-bond donors (Lipinski definition) is 0. The van der Waals surface area contributed by atoms with Gasteiger partial charge in [-0.2, -0.15) is 0 Å². The molecule has 13 aromatic rings. The fourth-order valence-corrected chi connectivity index (χ4v) is 10.9. The maximum absolute atomic E-state index is 9.33. The zero-order valence-electron chi connectivity index (χ0n) is 48.5. The van der Waals surface area contributed by atoms with Gasteiger partial charge in [0.1, 0.15) is 0 Å². The third kappa shape index (κ3) is 7.12. The first-order chi connectivity index (χ1) is 38.9. The average Bonchev–Trinajstić information content (AvgIpc) is 3.03. The van der Waals surface area contributed by atoms with Crippen LogP contribution in [0.1, 0.15) is 40.0 Å². The topological polar surface area (TPSA) is 41.3 Å². The number of aromatic nitrogens is 5. The van der Waals surface area contributed by atoms with Gasteiger partial charge in [-0.05, 0) is 17.0 Å². The van der Waals surface area contributed by atoms with Gasteiger partial charge < -0.3 is 0 Å². The van der Waals surface area contributed by atoms with Crippen molar-refractivity contribution in [1.29, 1.82) is 0 Å². The molecule has 13 rings (SSSR count). The first-order valence-electron chi connectivity index (χ1n) is 28.1. The van der Waals surface area contributed by atoms with Crippen LogP contribution in [0.15, 0.2) is 218 Å². The molecule has 4 aromatic heterocycles. The molecule has 0 aliphatic carbocycles. The van der Waals surface area contributed by atoms with Crippen LogP contribution >= 0.6 is 0 Å². The number of rotatable bonds is 7. The van der Waals surface area contributed by atoms with Crippen LogP contribution in [0.25, 0.3) is 99.6 Å². The van der Waals surface area contributed by atoms with E-state index in [1.54, 1.807) is 18.2 Å². The Morgan fingerprint density at radius 3 is 1.79 bits per heavy atom. The summed E-state index contributed by atoms with van der Waals surface area (Å²) in [7, 11) is 0. The van der Waals surface area contributed by atoms with Gasteiger partial charge in [0.15, 0.2) is 0 Å². The van der Waals surface area contributed by atoms with E-state index in [0.717, 1.165) is 55.2 Å². The molecule has 0 saturated heterocycles. The molecule has 0 radical (unpaired) electrons. The van der Waals surface area contributed by atoms with E-state index in [-0.39, 0.29) is 33.4 Å². The molecule has 0 spiro atoms. The van der Waals surface area contributed by atoms with Crippen LogP contribution in [0.2, 0.25) is 0 Å². The molecule has 0 atom stereocenters. The fraction of sp³-hybridized carbons (Fsp3) is 0.0625. The summed E-state index contributed by atoms with van der Waals surface area (Å²) in [5.74, 6) is 1.52. The zero-order valence-corrected chi connectivity index (χ0v) is 40.7. The number of ether oxygens (including phenoxy) is 1. The van der Waals surface area contributed by atoms with Gasteiger partial charge in [0.25, 0.3) is 0 Å². The molecule has 0 N–H and O–H groups in total. The maximum atomic E-state index is 9.33. The minimum atomic E-state index is -0.575. The van der Waals surface area contributed by atoms with Crippen molar-refractivity contribution < 1.29 is 37.8 Å². The Hall–Kier alpha value is -8.31. The van der Waals surface area contributed by atoms with E-state index >= 15 is 0 Å². The zero-order chi connectivity index (χ0) is 56.5. The third-order valence-electron chi connectivity index (χ3n) is 13.0. The van der Waals surface area contributed by atoms with Gasteiger partial charge in [0, 0.05) is 6.20 Å². The van der Waals surface area contributed by atoms with Crippen molar-refractivity contribution in [2.24, 2.45) is 0 Å². The SMILES string of the molecule is [2H]c1c([2H])c([2H])c(-c2cccc(-c3c([2H])c([2H])c([2H])c([2H])c3[2H])c2-n2[c](=[Pt])n3c4[c-]c(Oc5[c-]c6c(cc5)c5ccccc5n6-c5cc(C(C)(C)C)ccn5)ccc4n(-c4ccccc4)c4ccccc4c4cccc2c43)c([2H])c1[2H]. The predicted octanol–water partition coefficient (Wildman–Crippen LogP) is 16.1. The predicted molar refractivity (Wildman–Crippen MR) is 287 cm³/mol. The van der Waals surface area contributed by atoms with Crippen LogP contribution in [0, 0.1) is 15.9 Å². The van der Waals surface area contributed by atoms with Crippen LogP contribution in [0.3, 0.4) is 0 Å². The summed E-state index contributed by atoms with van der Waals surface area (Å²) in [6, 6.07) is 51.0. The number of para-hydroxylation sites is 5. The molecule has 6 nitrogen and oxygen atoms in total. The second-order valence-corrected chi connectivity index (χ2v) is 19.2. The second-order valence-electron chi connectivity index (χ2n) is 18.2. The van der Waals surface area contributed by atoms with E-state index in [2.05, 4.69) is 91.7 Å². The van der Waals surface area contributed by atoms with Gasteiger partial charge in [-0.3, -0.25) is 0 Å². The summed E-state index contributed by atoms with van der Waals surface area (Å²) in [4.78, 5) is 4.88. The van der Waals surface area contributed by atoms with Crippen LogP contribution in [0.5, 0.6) is 11.5 Å². The first-order valence-corrected chi connectivity index (χ1v) is 24.2. The molecule has 4 heterocycles. The van der Waals surface area contributed by atoms with Crippen molar-refractivity contribution in [2.75, 3.05) is 0 Å². The van der Waals surface area contributed by atoms with Gasteiger partial charge in [-0.15, -0.1) is 0 Å². The molecule has 344 valence electrons. The summed E-state index contributed by atoms with van der Waals surface area (Å²) in [5, 5.41) is 3.67. The number of imidazole rings is 1. The minimum absolute atomic E-state index is 0.129. The molecular formula is C64H45N5OPt-2. The summed E-state index contributed by atoms with van der Waals surface area (Å²) in [6.07, 6.45) is 1.84. The van der Waals surface area contributed by atoms with E-state index in [1.165, 1.54) is 0 Å². The standard InChI is InChI=1S/C64H45N5O.Pt/c1-64(2,3)45-37-38-65-61(39-45)69-56-31-16-13-25-51(56)53-35-33-47(40-59(53)69)70-48-34-36-57-60(41-48)67-42-66(62-49(43-19-7-4-8-20-43)27-17-28-50(62)44-21-9-5-10-22-44)58-32-18-29-54(63(58)67)52-26-14-15-30-55(52)68(57)46-23-11-6-12-24-46;/h4-39H,1-3H3;/q-2;/i4D,5D,7D,8D,9D,10D,19D,20D,21D,22D;. The number of hydrogen-bond acceptors (Lipinski definition) is 2. The Bertz CT molecular complexity index is 4800. The molecule has 0 fully saturated rings. The fourth-order valence-electron chi connectivity index (χ4n) is 9.85. The van der Waals surface area contributed by atoms with E-state index in [0.29, 0.717) is 37.4 Å². The van der Waals surface area contributed by atoms with Gasteiger partial charge >= 0.3 is 382 Å². The first kappa shape index (κ1) is 33.3. The quantitative estimate of drug-likeness (QED) is 0.149. The Kier molecular flexibility index (Phi) is 7.95. The Labute approximate surface area is 436 Å². The molecule has 0 aliphatic heterocycles. The summed E-state index contributed by atoms with van der Waals surface area (Å²) in [6.45, 7) is 6.53. The Morgan fingerprint density at radius 1 is 0.521 bits per heavy atom. The van der Waals surface area contributed by atoms with E-state index in [4.69, 9.17) is 17.9 Å². The molecule has 7 heteroatoms. The summed E-state index contributed by atoms with van der Waals surface area (Å²) in [5.41, 5.74) is 7.21. The van der Waals surface area contributed by atoms with Crippen molar-refractivity contribution in [3.63, 3.8) is 0 Å². The Balaban J connectivity index is 1.16. The molecular weight excluding hydrogens is 1050 g/mol. The van der Waals surface area contributed by atoms with Gasteiger partial charge in [-0.25, -0.2) is 0 Å². The van der Waals surface area contributed by atoms with Crippen molar-refractivity contribution in [3.05, 3.63) is 240 Å². The normalized spacial score (nSPS) is 13.9. The third-order valence-corrected chi connectivity index (χ3v) is 14.0. The molecule has 9 aromatic carbocycles. The molecule has 0 aliphatic rings. The summed E-state index contributed by atoms with van der Waals surface area (Å²) >= 11 is 2.22. The second kappa shape index (κ2) is 17.0. The van der Waals surface area contributed by atoms with Crippen LogP contribution in [-0.2, 0) is 24.8 Å².